The van der Waals surface area contributed by atoms with Crippen molar-refractivity contribution in [2.75, 3.05) is 26.2 Å². The van der Waals surface area contributed by atoms with Gasteiger partial charge in [0, 0.05) is 23.5 Å². The van der Waals surface area contributed by atoms with Crippen LogP contribution in [0.1, 0.15) is 36.9 Å². The molecule has 3 rings (SSSR count). The van der Waals surface area contributed by atoms with Gasteiger partial charge in [0.15, 0.2) is 0 Å². The first-order valence-electron chi connectivity index (χ1n) is 9.96. The van der Waals surface area contributed by atoms with Crippen LogP contribution in [0.3, 0.4) is 0 Å². The Labute approximate surface area is 166 Å². The van der Waals surface area contributed by atoms with E-state index in [0.29, 0.717) is 13.1 Å². The summed E-state index contributed by atoms with van der Waals surface area (Å²) in [5.41, 5.74) is 2.57. The highest BCUT2D eigenvalue weighted by molar-refractivity contribution is 5.77. The first-order chi connectivity index (χ1) is 13.5. The van der Waals surface area contributed by atoms with E-state index in [4.69, 9.17) is 0 Å². The van der Waals surface area contributed by atoms with Crippen molar-refractivity contribution in [2.45, 2.75) is 25.8 Å². The fourth-order valence-electron chi connectivity index (χ4n) is 4.07. The van der Waals surface area contributed by atoms with E-state index < -0.39 is 5.97 Å². The molecular formula is C23H28N2O3. The lowest BCUT2D eigenvalue weighted by atomic mass is 9.96. The lowest BCUT2D eigenvalue weighted by Crippen LogP contribution is -3.15. The van der Waals surface area contributed by atoms with Crippen LogP contribution in [-0.4, -0.2) is 43.0 Å². The second-order valence-corrected chi connectivity index (χ2v) is 7.68. The molecular weight excluding hydrogens is 352 g/mol. The number of amides is 1. The maximum Gasteiger partial charge on any atom is 0.223 e. The van der Waals surface area contributed by atoms with Crippen LogP contribution < -0.4 is 10.0 Å². The predicted octanol–water partition coefficient (Wildman–Crippen LogP) is 0.669. The van der Waals surface area contributed by atoms with Gasteiger partial charge in [-0.3, -0.25) is 4.79 Å². The molecule has 28 heavy (non-hydrogen) atoms. The van der Waals surface area contributed by atoms with Gasteiger partial charge in [0.05, 0.1) is 26.2 Å². The van der Waals surface area contributed by atoms with E-state index in [2.05, 4.69) is 48.5 Å². The zero-order chi connectivity index (χ0) is 19.9. The Balaban J connectivity index is 1.66. The molecule has 1 aliphatic rings. The number of carbonyl (C=O) groups excluding carboxylic acids is 2. The molecule has 1 aliphatic heterocycles. The van der Waals surface area contributed by atoms with Crippen LogP contribution in [0.2, 0.25) is 0 Å². The molecule has 2 aromatic rings. The maximum atomic E-state index is 12.5. The van der Waals surface area contributed by atoms with E-state index in [0.717, 1.165) is 13.1 Å². The minimum Gasteiger partial charge on any atom is -0.550 e. The SMILES string of the molecule is C[C@H](CC(=O)[O-])CC(=O)N1CC[NH+](C(c2ccccc2)c2ccccc2)CC1. The summed E-state index contributed by atoms with van der Waals surface area (Å²) in [5, 5.41) is 10.7. The van der Waals surface area contributed by atoms with Gasteiger partial charge in [-0.2, -0.15) is 0 Å². The number of rotatable bonds is 7. The molecule has 0 aliphatic carbocycles. The summed E-state index contributed by atoms with van der Waals surface area (Å²) in [7, 11) is 0. The Bertz CT molecular complexity index is 731. The van der Waals surface area contributed by atoms with Gasteiger partial charge in [0.25, 0.3) is 0 Å². The lowest BCUT2D eigenvalue weighted by Gasteiger charge is -2.37. The van der Waals surface area contributed by atoms with Gasteiger partial charge in [0.2, 0.25) is 5.91 Å². The van der Waals surface area contributed by atoms with Crippen LogP contribution in [0.5, 0.6) is 0 Å². The highest BCUT2D eigenvalue weighted by atomic mass is 16.4. The van der Waals surface area contributed by atoms with Gasteiger partial charge >= 0.3 is 0 Å². The smallest absolute Gasteiger partial charge is 0.223 e. The Morgan fingerprint density at radius 1 is 0.929 bits per heavy atom. The molecule has 5 nitrogen and oxygen atoms in total. The third kappa shape index (κ3) is 5.20. The van der Waals surface area contributed by atoms with E-state index >= 15 is 0 Å². The van der Waals surface area contributed by atoms with E-state index in [-0.39, 0.29) is 30.7 Å². The molecule has 5 heteroatoms. The van der Waals surface area contributed by atoms with E-state index in [1.54, 1.807) is 6.92 Å². The number of hydrogen-bond donors (Lipinski definition) is 1. The lowest BCUT2D eigenvalue weighted by molar-refractivity contribution is -0.929. The minimum atomic E-state index is -1.09. The highest BCUT2D eigenvalue weighted by Gasteiger charge is 2.31. The molecule has 0 spiro atoms. The summed E-state index contributed by atoms with van der Waals surface area (Å²) >= 11 is 0. The molecule has 0 unspecified atom stereocenters. The van der Waals surface area contributed by atoms with Crippen LogP contribution in [0.25, 0.3) is 0 Å². The number of quaternary nitrogens is 1. The number of benzene rings is 2. The molecule has 1 heterocycles. The van der Waals surface area contributed by atoms with Crippen molar-refractivity contribution in [3.63, 3.8) is 0 Å². The van der Waals surface area contributed by atoms with Gasteiger partial charge in [-0.05, 0) is 12.3 Å². The average molecular weight is 380 g/mol. The molecule has 148 valence electrons. The first-order valence-corrected chi connectivity index (χ1v) is 9.96. The summed E-state index contributed by atoms with van der Waals surface area (Å²) in [6, 6.07) is 21.3. The number of nitrogens with zero attached hydrogens (tertiary/aromatic N) is 1. The van der Waals surface area contributed by atoms with Crippen LogP contribution in [0, 0.1) is 5.92 Å². The molecule has 2 aromatic carbocycles. The number of piperazine rings is 1. The molecule has 1 atom stereocenters. The summed E-state index contributed by atoms with van der Waals surface area (Å²) in [4.78, 5) is 26.6. The van der Waals surface area contributed by atoms with Crippen LogP contribution >= 0.6 is 0 Å². The molecule has 1 N–H and O–H groups in total. The molecule has 1 fully saturated rings. The minimum absolute atomic E-state index is 0.0452. The van der Waals surface area contributed by atoms with Crippen molar-refractivity contribution in [2.24, 2.45) is 5.92 Å². The van der Waals surface area contributed by atoms with Crippen molar-refractivity contribution in [1.82, 2.24) is 4.90 Å². The number of aliphatic carboxylic acids is 1. The molecule has 1 saturated heterocycles. The number of carboxylic acid groups (broad SMARTS) is 1. The number of hydrogen-bond acceptors (Lipinski definition) is 3. The fourth-order valence-corrected chi connectivity index (χ4v) is 4.07. The largest absolute Gasteiger partial charge is 0.550 e. The molecule has 0 aromatic heterocycles. The van der Waals surface area contributed by atoms with Crippen molar-refractivity contribution in [3.8, 4) is 0 Å². The number of nitrogens with one attached hydrogen (secondary N) is 1. The molecule has 0 radical (unpaired) electrons. The van der Waals surface area contributed by atoms with Gasteiger partial charge in [-0.1, -0.05) is 67.6 Å². The van der Waals surface area contributed by atoms with Gasteiger partial charge in [0.1, 0.15) is 6.04 Å². The third-order valence-electron chi connectivity index (χ3n) is 5.47. The highest BCUT2D eigenvalue weighted by Crippen LogP contribution is 2.19. The molecule has 0 saturated carbocycles. The van der Waals surface area contributed by atoms with Gasteiger partial charge < -0.3 is 19.7 Å². The fraction of sp³-hybridized carbons (Fsp3) is 0.391. The van der Waals surface area contributed by atoms with E-state index in [9.17, 15) is 14.7 Å². The zero-order valence-electron chi connectivity index (χ0n) is 16.3. The monoisotopic (exact) mass is 380 g/mol. The van der Waals surface area contributed by atoms with Gasteiger partial charge in [-0.15, -0.1) is 0 Å². The Kier molecular flexibility index (Phi) is 6.82. The van der Waals surface area contributed by atoms with Crippen LogP contribution in [0.15, 0.2) is 60.7 Å². The average Bonchev–Trinajstić information content (AvgIpc) is 2.70. The van der Waals surface area contributed by atoms with E-state index in [1.807, 2.05) is 17.0 Å². The second-order valence-electron chi connectivity index (χ2n) is 7.68. The van der Waals surface area contributed by atoms with Crippen LogP contribution in [0.4, 0.5) is 0 Å². The quantitative estimate of drug-likeness (QED) is 0.768. The van der Waals surface area contributed by atoms with Crippen molar-refractivity contribution < 1.29 is 19.6 Å². The third-order valence-corrected chi connectivity index (χ3v) is 5.47. The van der Waals surface area contributed by atoms with Crippen molar-refractivity contribution in [1.29, 1.82) is 0 Å². The van der Waals surface area contributed by atoms with Crippen LogP contribution in [-0.2, 0) is 9.59 Å². The first kappa shape index (κ1) is 20.1. The van der Waals surface area contributed by atoms with Crippen molar-refractivity contribution >= 4 is 11.9 Å². The molecule has 1 amide bonds. The number of carbonyl (C=O) groups is 2. The second kappa shape index (κ2) is 9.51. The van der Waals surface area contributed by atoms with E-state index in [1.165, 1.54) is 16.0 Å². The predicted molar refractivity (Wildman–Crippen MR) is 105 cm³/mol. The number of carboxylic acids is 1. The van der Waals surface area contributed by atoms with Gasteiger partial charge in [-0.25, -0.2) is 0 Å². The summed E-state index contributed by atoms with van der Waals surface area (Å²) in [6.45, 7) is 4.92. The Hall–Kier alpha value is -2.66. The van der Waals surface area contributed by atoms with Crippen molar-refractivity contribution in [3.05, 3.63) is 71.8 Å². The summed E-state index contributed by atoms with van der Waals surface area (Å²) < 4.78 is 0. The normalized spacial score (nSPS) is 16.1. The zero-order valence-corrected chi connectivity index (χ0v) is 16.3. The summed E-state index contributed by atoms with van der Waals surface area (Å²) in [5.74, 6) is -1.24. The summed E-state index contributed by atoms with van der Waals surface area (Å²) in [6.07, 6.45) is 0.200. The maximum absolute atomic E-state index is 12.5. The Morgan fingerprint density at radius 3 is 1.89 bits per heavy atom. The topological polar surface area (TPSA) is 64.9 Å². The standard InChI is InChI=1S/C23H28N2O3/c1-18(17-22(27)28)16-21(26)24-12-14-25(15-13-24)23(19-8-4-2-5-9-19)20-10-6-3-7-11-20/h2-11,18,23H,12-17H2,1H3,(H,27,28)/t18-/m0/s1. The Morgan fingerprint density at radius 2 is 1.43 bits per heavy atom. The molecule has 0 bridgehead atoms.